The van der Waals surface area contributed by atoms with Crippen LogP contribution < -0.4 is 10.2 Å². The first-order valence-corrected chi connectivity index (χ1v) is 9.48. The summed E-state index contributed by atoms with van der Waals surface area (Å²) >= 11 is 1.66. The van der Waals surface area contributed by atoms with Crippen LogP contribution in [-0.2, 0) is 6.42 Å². The van der Waals surface area contributed by atoms with Crippen LogP contribution in [0.3, 0.4) is 0 Å². The number of aromatic nitrogens is 1. The van der Waals surface area contributed by atoms with Gasteiger partial charge >= 0.3 is 0 Å². The number of benzene rings is 2. The molecule has 0 bridgehead atoms. The van der Waals surface area contributed by atoms with E-state index in [-0.39, 0.29) is 5.91 Å². The van der Waals surface area contributed by atoms with Crippen molar-refractivity contribution in [2.75, 3.05) is 25.5 Å². The standard InChI is InChI=1S/C21H23N3OS/c1-15-23-20(14-26-15)17-9-7-16(8-10-17)11-12-22-21(25)18-5-4-6-19(13-18)24(2)3/h4-10,13-14H,11-12H2,1-3H3,(H,22,25). The summed E-state index contributed by atoms with van der Waals surface area (Å²) in [6.45, 7) is 2.62. The van der Waals surface area contributed by atoms with E-state index in [4.69, 9.17) is 0 Å². The quantitative estimate of drug-likeness (QED) is 0.713. The number of rotatable bonds is 6. The van der Waals surface area contributed by atoms with Crippen molar-refractivity contribution in [2.45, 2.75) is 13.3 Å². The molecule has 134 valence electrons. The fourth-order valence-electron chi connectivity index (χ4n) is 2.69. The number of aryl methyl sites for hydroxylation is 1. The molecule has 26 heavy (non-hydrogen) atoms. The van der Waals surface area contributed by atoms with E-state index in [1.165, 1.54) is 5.56 Å². The molecule has 0 aliphatic carbocycles. The maximum Gasteiger partial charge on any atom is 0.251 e. The van der Waals surface area contributed by atoms with E-state index in [9.17, 15) is 4.79 Å². The van der Waals surface area contributed by atoms with E-state index < -0.39 is 0 Å². The van der Waals surface area contributed by atoms with Crippen LogP contribution in [0.5, 0.6) is 0 Å². The average Bonchev–Trinajstić information content (AvgIpc) is 3.08. The Morgan fingerprint density at radius 3 is 2.58 bits per heavy atom. The topological polar surface area (TPSA) is 45.2 Å². The fourth-order valence-corrected chi connectivity index (χ4v) is 3.31. The minimum Gasteiger partial charge on any atom is -0.378 e. The predicted octanol–water partition coefficient (Wildman–Crippen LogP) is 4.16. The largest absolute Gasteiger partial charge is 0.378 e. The zero-order chi connectivity index (χ0) is 18.5. The summed E-state index contributed by atoms with van der Waals surface area (Å²) in [5.74, 6) is -0.0386. The van der Waals surface area contributed by atoms with Crippen LogP contribution in [0.4, 0.5) is 5.69 Å². The van der Waals surface area contributed by atoms with Crippen LogP contribution in [0.15, 0.2) is 53.9 Å². The normalized spacial score (nSPS) is 10.6. The summed E-state index contributed by atoms with van der Waals surface area (Å²) in [7, 11) is 3.93. The molecule has 0 atom stereocenters. The van der Waals surface area contributed by atoms with Crippen LogP contribution in [-0.4, -0.2) is 31.5 Å². The molecule has 0 radical (unpaired) electrons. The zero-order valence-corrected chi connectivity index (χ0v) is 16.1. The highest BCUT2D eigenvalue weighted by atomic mass is 32.1. The highest BCUT2D eigenvalue weighted by molar-refractivity contribution is 7.09. The first-order chi connectivity index (χ1) is 12.5. The van der Waals surface area contributed by atoms with E-state index in [1.807, 2.05) is 50.2 Å². The van der Waals surface area contributed by atoms with Crippen LogP contribution >= 0.6 is 11.3 Å². The number of hydrogen-bond donors (Lipinski definition) is 1. The summed E-state index contributed by atoms with van der Waals surface area (Å²) in [6.07, 6.45) is 0.801. The number of hydrogen-bond acceptors (Lipinski definition) is 4. The Kier molecular flexibility index (Phi) is 5.68. The lowest BCUT2D eigenvalue weighted by atomic mass is 10.1. The molecular weight excluding hydrogens is 342 g/mol. The van der Waals surface area contributed by atoms with E-state index in [0.29, 0.717) is 12.1 Å². The Hall–Kier alpha value is -2.66. The van der Waals surface area contributed by atoms with E-state index in [0.717, 1.165) is 28.4 Å². The van der Waals surface area contributed by atoms with Gasteiger partial charge in [-0.05, 0) is 37.1 Å². The Morgan fingerprint density at radius 2 is 1.92 bits per heavy atom. The smallest absolute Gasteiger partial charge is 0.251 e. The molecule has 0 saturated heterocycles. The molecule has 1 amide bonds. The van der Waals surface area contributed by atoms with Crippen molar-refractivity contribution in [3.8, 4) is 11.3 Å². The summed E-state index contributed by atoms with van der Waals surface area (Å²) in [5, 5.41) is 6.15. The van der Waals surface area contributed by atoms with Gasteiger partial charge in [0.25, 0.3) is 5.91 Å². The van der Waals surface area contributed by atoms with Gasteiger partial charge in [-0.15, -0.1) is 11.3 Å². The molecule has 0 aliphatic heterocycles. The van der Waals surface area contributed by atoms with Crippen LogP contribution in [0.2, 0.25) is 0 Å². The Balaban J connectivity index is 1.54. The molecule has 3 rings (SSSR count). The maximum atomic E-state index is 12.3. The third kappa shape index (κ3) is 4.49. The monoisotopic (exact) mass is 365 g/mol. The van der Waals surface area contributed by atoms with Gasteiger partial charge in [-0.1, -0.05) is 30.3 Å². The highest BCUT2D eigenvalue weighted by Gasteiger charge is 2.07. The van der Waals surface area contributed by atoms with Gasteiger partial charge in [0.05, 0.1) is 10.7 Å². The number of nitrogens with one attached hydrogen (secondary N) is 1. The summed E-state index contributed by atoms with van der Waals surface area (Å²) in [6, 6.07) is 16.0. The lowest BCUT2D eigenvalue weighted by molar-refractivity contribution is 0.0954. The van der Waals surface area contributed by atoms with Crippen LogP contribution in [0.1, 0.15) is 20.9 Å². The van der Waals surface area contributed by atoms with Crippen molar-refractivity contribution in [1.29, 1.82) is 0 Å². The van der Waals surface area contributed by atoms with E-state index >= 15 is 0 Å². The Bertz CT molecular complexity index is 884. The molecule has 2 aromatic carbocycles. The van der Waals surface area contributed by atoms with Crippen molar-refractivity contribution in [2.24, 2.45) is 0 Å². The number of amides is 1. The maximum absolute atomic E-state index is 12.3. The highest BCUT2D eigenvalue weighted by Crippen LogP contribution is 2.21. The molecule has 1 heterocycles. The Morgan fingerprint density at radius 1 is 1.15 bits per heavy atom. The van der Waals surface area contributed by atoms with Gasteiger partial charge in [0.15, 0.2) is 0 Å². The molecule has 0 aliphatic rings. The zero-order valence-electron chi connectivity index (χ0n) is 15.3. The van der Waals surface area contributed by atoms with Gasteiger partial charge < -0.3 is 10.2 Å². The second kappa shape index (κ2) is 8.15. The minimum atomic E-state index is -0.0386. The third-order valence-corrected chi connectivity index (χ3v) is 4.97. The summed E-state index contributed by atoms with van der Waals surface area (Å²) in [4.78, 5) is 18.8. The van der Waals surface area contributed by atoms with Gasteiger partial charge in [0.1, 0.15) is 0 Å². The number of anilines is 1. The van der Waals surface area contributed by atoms with Crippen molar-refractivity contribution in [3.05, 3.63) is 70.0 Å². The average molecular weight is 366 g/mol. The van der Waals surface area contributed by atoms with Crippen LogP contribution in [0.25, 0.3) is 11.3 Å². The van der Waals surface area contributed by atoms with Gasteiger partial charge in [0.2, 0.25) is 0 Å². The van der Waals surface area contributed by atoms with Crippen molar-refractivity contribution in [1.82, 2.24) is 10.3 Å². The molecule has 1 N–H and O–H groups in total. The van der Waals surface area contributed by atoms with Gasteiger partial charge in [-0.25, -0.2) is 4.98 Å². The molecule has 1 aromatic heterocycles. The van der Waals surface area contributed by atoms with Gasteiger partial charge in [0, 0.05) is 42.8 Å². The summed E-state index contributed by atoms with van der Waals surface area (Å²) < 4.78 is 0. The number of thiazole rings is 1. The second-order valence-corrected chi connectivity index (χ2v) is 7.46. The number of carbonyl (C=O) groups is 1. The minimum absolute atomic E-state index is 0.0386. The molecule has 0 spiro atoms. The molecule has 4 nitrogen and oxygen atoms in total. The SMILES string of the molecule is Cc1nc(-c2ccc(CCNC(=O)c3cccc(N(C)C)c3)cc2)cs1. The molecule has 5 heteroatoms. The van der Waals surface area contributed by atoms with Crippen molar-refractivity contribution in [3.63, 3.8) is 0 Å². The lowest BCUT2D eigenvalue weighted by Gasteiger charge is -2.13. The van der Waals surface area contributed by atoms with Gasteiger partial charge in [-0.3, -0.25) is 4.79 Å². The number of nitrogens with zero attached hydrogens (tertiary/aromatic N) is 2. The van der Waals surface area contributed by atoms with Crippen LogP contribution in [0, 0.1) is 6.92 Å². The lowest BCUT2D eigenvalue weighted by Crippen LogP contribution is -2.25. The molecule has 0 unspecified atom stereocenters. The van der Waals surface area contributed by atoms with Gasteiger partial charge in [-0.2, -0.15) is 0 Å². The van der Waals surface area contributed by atoms with E-state index in [1.54, 1.807) is 11.3 Å². The Labute approximate surface area is 158 Å². The molecule has 0 saturated carbocycles. The molecule has 0 fully saturated rings. The van der Waals surface area contributed by atoms with Crippen molar-refractivity contribution < 1.29 is 4.79 Å². The van der Waals surface area contributed by atoms with Crippen molar-refractivity contribution >= 4 is 22.9 Å². The first kappa shape index (κ1) is 18.1. The second-order valence-electron chi connectivity index (χ2n) is 6.40. The predicted molar refractivity (Wildman–Crippen MR) is 109 cm³/mol. The summed E-state index contributed by atoms with van der Waals surface area (Å²) in [5.41, 5.74) is 5.05. The third-order valence-electron chi connectivity index (χ3n) is 4.19. The molecule has 3 aromatic rings. The fraction of sp³-hybridized carbons (Fsp3) is 0.238. The van der Waals surface area contributed by atoms with E-state index in [2.05, 4.69) is 39.9 Å². The first-order valence-electron chi connectivity index (χ1n) is 8.60. The molecular formula is C21H23N3OS. The number of carbonyl (C=O) groups excluding carboxylic acids is 1.